The molecule has 112 valence electrons. The van der Waals surface area contributed by atoms with Crippen LogP contribution in [0, 0.1) is 20.8 Å². The van der Waals surface area contributed by atoms with Crippen molar-refractivity contribution in [1.29, 1.82) is 0 Å². The predicted molar refractivity (Wildman–Crippen MR) is 92.4 cm³/mol. The Balaban J connectivity index is 2.35. The maximum atomic E-state index is 4.53. The van der Waals surface area contributed by atoms with Crippen molar-refractivity contribution in [1.82, 2.24) is 9.97 Å². The molecule has 0 amide bonds. The highest BCUT2D eigenvalue weighted by atomic mass is 79.9. The first kappa shape index (κ1) is 15.8. The zero-order valence-electron chi connectivity index (χ0n) is 12.9. The molecule has 0 aliphatic heterocycles. The fraction of sp³-hybridized carbons (Fsp3) is 0.375. The Hall–Kier alpha value is -1.62. The van der Waals surface area contributed by atoms with Crippen molar-refractivity contribution in [2.24, 2.45) is 0 Å². The van der Waals surface area contributed by atoms with Gasteiger partial charge in [0, 0.05) is 22.3 Å². The minimum Gasteiger partial charge on any atom is -0.370 e. The highest BCUT2D eigenvalue weighted by molar-refractivity contribution is 9.10. The van der Waals surface area contributed by atoms with Crippen molar-refractivity contribution in [2.75, 3.05) is 17.2 Å². The van der Waals surface area contributed by atoms with Crippen LogP contribution < -0.4 is 10.6 Å². The van der Waals surface area contributed by atoms with Crippen LogP contribution in [0.5, 0.6) is 0 Å². The van der Waals surface area contributed by atoms with Gasteiger partial charge in [0.25, 0.3) is 0 Å². The minimum atomic E-state index is 0.759. The van der Waals surface area contributed by atoms with Gasteiger partial charge in [0.2, 0.25) is 0 Å². The van der Waals surface area contributed by atoms with E-state index in [0.717, 1.165) is 46.1 Å². The van der Waals surface area contributed by atoms with Gasteiger partial charge in [-0.25, -0.2) is 9.97 Å². The number of benzene rings is 1. The van der Waals surface area contributed by atoms with Gasteiger partial charge in [-0.2, -0.15) is 0 Å². The van der Waals surface area contributed by atoms with E-state index in [0.29, 0.717) is 0 Å². The summed E-state index contributed by atoms with van der Waals surface area (Å²) in [6.45, 7) is 9.07. The highest BCUT2D eigenvalue weighted by Gasteiger charge is 2.10. The van der Waals surface area contributed by atoms with Gasteiger partial charge in [-0.1, -0.05) is 28.9 Å². The molecule has 1 aromatic heterocycles. The lowest BCUT2D eigenvalue weighted by Gasteiger charge is -2.15. The van der Waals surface area contributed by atoms with Crippen LogP contribution >= 0.6 is 15.9 Å². The summed E-state index contributed by atoms with van der Waals surface area (Å²) in [5.41, 5.74) is 3.26. The SMILES string of the molecule is CCCNc1nc(C)nc(Nc2cc(Br)ccc2C)c1C. The molecule has 0 radical (unpaired) electrons. The number of halogens is 1. The van der Waals surface area contributed by atoms with E-state index in [1.807, 2.05) is 19.9 Å². The highest BCUT2D eigenvalue weighted by Crippen LogP contribution is 2.27. The Morgan fingerprint density at radius 2 is 1.81 bits per heavy atom. The maximum Gasteiger partial charge on any atom is 0.139 e. The van der Waals surface area contributed by atoms with Crippen molar-refractivity contribution in [3.8, 4) is 0 Å². The monoisotopic (exact) mass is 348 g/mol. The molecule has 0 aliphatic carbocycles. The van der Waals surface area contributed by atoms with E-state index in [1.54, 1.807) is 0 Å². The predicted octanol–water partition coefficient (Wildman–Crippen LogP) is 4.73. The molecule has 21 heavy (non-hydrogen) atoms. The Bertz CT molecular complexity index is 640. The third-order valence-corrected chi connectivity index (χ3v) is 3.75. The number of rotatable bonds is 5. The summed E-state index contributed by atoms with van der Waals surface area (Å²) in [7, 11) is 0. The number of nitrogens with zero attached hydrogens (tertiary/aromatic N) is 2. The van der Waals surface area contributed by atoms with Crippen LogP contribution in [0.15, 0.2) is 22.7 Å². The largest absolute Gasteiger partial charge is 0.370 e. The second kappa shape index (κ2) is 6.89. The Labute approximate surface area is 134 Å². The fourth-order valence-corrected chi connectivity index (χ4v) is 2.38. The second-order valence-corrected chi connectivity index (χ2v) is 6.02. The van der Waals surface area contributed by atoms with E-state index in [4.69, 9.17) is 0 Å². The number of hydrogen-bond acceptors (Lipinski definition) is 4. The Kier molecular flexibility index (Phi) is 5.17. The van der Waals surface area contributed by atoms with E-state index in [9.17, 15) is 0 Å². The van der Waals surface area contributed by atoms with E-state index in [-0.39, 0.29) is 0 Å². The molecule has 4 nitrogen and oxygen atoms in total. The lowest BCUT2D eigenvalue weighted by Crippen LogP contribution is -2.09. The lowest BCUT2D eigenvalue weighted by atomic mass is 10.2. The lowest BCUT2D eigenvalue weighted by molar-refractivity contribution is 0.948. The number of aryl methyl sites for hydroxylation is 2. The fourth-order valence-electron chi connectivity index (χ4n) is 2.02. The topological polar surface area (TPSA) is 49.8 Å². The van der Waals surface area contributed by atoms with Crippen molar-refractivity contribution < 1.29 is 0 Å². The number of anilines is 3. The molecule has 0 atom stereocenters. The zero-order chi connectivity index (χ0) is 15.4. The van der Waals surface area contributed by atoms with Crippen molar-refractivity contribution in [3.05, 3.63) is 39.6 Å². The van der Waals surface area contributed by atoms with Gasteiger partial charge in [0.1, 0.15) is 17.5 Å². The molecule has 1 aromatic carbocycles. The molecule has 0 aliphatic rings. The maximum absolute atomic E-state index is 4.53. The van der Waals surface area contributed by atoms with Crippen LogP contribution in [-0.4, -0.2) is 16.5 Å². The quantitative estimate of drug-likeness (QED) is 0.819. The Morgan fingerprint density at radius 3 is 2.52 bits per heavy atom. The first-order valence-electron chi connectivity index (χ1n) is 7.13. The molecular formula is C16H21BrN4. The first-order chi connectivity index (χ1) is 10.0. The van der Waals surface area contributed by atoms with Crippen molar-refractivity contribution in [3.63, 3.8) is 0 Å². The van der Waals surface area contributed by atoms with Gasteiger partial charge in [-0.05, 0) is 44.9 Å². The molecule has 0 saturated heterocycles. The standard InChI is InChI=1S/C16H21BrN4/c1-5-8-18-15-11(3)16(20-12(4)19-15)21-14-9-13(17)7-6-10(14)2/h6-7,9H,5,8H2,1-4H3,(H2,18,19,20,21). The zero-order valence-corrected chi connectivity index (χ0v) is 14.5. The van der Waals surface area contributed by atoms with Gasteiger partial charge >= 0.3 is 0 Å². The molecule has 0 fully saturated rings. The van der Waals surface area contributed by atoms with E-state index in [1.165, 1.54) is 5.56 Å². The molecule has 0 bridgehead atoms. The molecule has 0 spiro atoms. The first-order valence-corrected chi connectivity index (χ1v) is 7.93. The summed E-state index contributed by atoms with van der Waals surface area (Å²) < 4.78 is 1.04. The molecule has 0 unspecified atom stereocenters. The van der Waals surface area contributed by atoms with Crippen LogP contribution in [-0.2, 0) is 0 Å². The van der Waals surface area contributed by atoms with E-state index >= 15 is 0 Å². The molecule has 0 saturated carbocycles. The summed E-state index contributed by atoms with van der Waals surface area (Å²) in [4.78, 5) is 9.01. The van der Waals surface area contributed by atoms with Gasteiger partial charge < -0.3 is 10.6 Å². The molecule has 2 N–H and O–H groups in total. The van der Waals surface area contributed by atoms with Crippen molar-refractivity contribution in [2.45, 2.75) is 34.1 Å². The third-order valence-electron chi connectivity index (χ3n) is 3.25. The molecule has 1 heterocycles. The minimum absolute atomic E-state index is 0.759. The van der Waals surface area contributed by atoms with Gasteiger partial charge in [0.15, 0.2) is 0 Å². The van der Waals surface area contributed by atoms with Crippen LogP contribution in [0.2, 0.25) is 0 Å². The van der Waals surface area contributed by atoms with Crippen LogP contribution in [0.1, 0.15) is 30.3 Å². The summed E-state index contributed by atoms with van der Waals surface area (Å²) in [5, 5.41) is 6.77. The van der Waals surface area contributed by atoms with E-state index in [2.05, 4.69) is 62.5 Å². The number of nitrogens with one attached hydrogen (secondary N) is 2. The molecule has 5 heteroatoms. The van der Waals surface area contributed by atoms with Crippen LogP contribution in [0.25, 0.3) is 0 Å². The smallest absolute Gasteiger partial charge is 0.139 e. The Morgan fingerprint density at radius 1 is 1.10 bits per heavy atom. The normalized spacial score (nSPS) is 10.5. The molecular weight excluding hydrogens is 328 g/mol. The van der Waals surface area contributed by atoms with Crippen LogP contribution in [0.3, 0.4) is 0 Å². The molecule has 2 aromatic rings. The summed E-state index contributed by atoms with van der Waals surface area (Å²) >= 11 is 3.51. The van der Waals surface area contributed by atoms with Gasteiger partial charge in [-0.3, -0.25) is 0 Å². The second-order valence-electron chi connectivity index (χ2n) is 5.10. The average molecular weight is 349 g/mol. The summed E-state index contributed by atoms with van der Waals surface area (Å²) in [6, 6.07) is 6.17. The van der Waals surface area contributed by atoms with Crippen LogP contribution in [0.4, 0.5) is 17.3 Å². The van der Waals surface area contributed by atoms with Gasteiger partial charge in [0.05, 0.1) is 0 Å². The average Bonchev–Trinajstić information content (AvgIpc) is 2.44. The number of aromatic nitrogens is 2. The van der Waals surface area contributed by atoms with E-state index < -0.39 is 0 Å². The van der Waals surface area contributed by atoms with Crippen molar-refractivity contribution >= 4 is 33.3 Å². The van der Waals surface area contributed by atoms with Gasteiger partial charge in [-0.15, -0.1) is 0 Å². The molecule has 2 rings (SSSR count). The third kappa shape index (κ3) is 3.94. The summed E-state index contributed by atoms with van der Waals surface area (Å²) in [6.07, 6.45) is 1.07. The summed E-state index contributed by atoms with van der Waals surface area (Å²) in [5.74, 6) is 2.51. The number of hydrogen-bond donors (Lipinski definition) is 2.